The van der Waals surface area contributed by atoms with Crippen molar-refractivity contribution in [2.24, 2.45) is 5.92 Å². The number of benzene rings is 3. The van der Waals surface area contributed by atoms with E-state index in [9.17, 15) is 9.59 Å². The third kappa shape index (κ3) is 7.49. The van der Waals surface area contributed by atoms with Crippen LogP contribution in [0.5, 0.6) is 11.5 Å². The van der Waals surface area contributed by atoms with Crippen molar-refractivity contribution in [2.45, 2.75) is 45.7 Å². The summed E-state index contributed by atoms with van der Waals surface area (Å²) in [5, 5.41) is 3.64. The summed E-state index contributed by atoms with van der Waals surface area (Å²) in [5.74, 6) is 1.44. The Bertz CT molecular complexity index is 1220. The number of nitrogens with zero attached hydrogens (tertiary/aromatic N) is 1. The first kappa shape index (κ1) is 26.6. The molecule has 1 atom stereocenters. The highest BCUT2D eigenvalue weighted by molar-refractivity contribution is 6.30. The van der Waals surface area contributed by atoms with Gasteiger partial charge in [-0.1, -0.05) is 74.0 Å². The third-order valence-electron chi connectivity index (χ3n) is 6.26. The molecule has 3 aromatic carbocycles. The zero-order valence-electron chi connectivity index (χ0n) is 21.3. The normalized spacial score (nSPS) is 12.9. The molecule has 0 saturated carbocycles. The minimum Gasteiger partial charge on any atom is -0.454 e. The Kier molecular flexibility index (Phi) is 9.07. The summed E-state index contributed by atoms with van der Waals surface area (Å²) in [6.45, 7) is 5.13. The van der Waals surface area contributed by atoms with E-state index in [1.165, 1.54) is 0 Å². The molecule has 1 heterocycles. The van der Waals surface area contributed by atoms with E-state index in [2.05, 4.69) is 5.32 Å². The monoisotopic (exact) mass is 520 g/mol. The van der Waals surface area contributed by atoms with Gasteiger partial charge >= 0.3 is 0 Å². The summed E-state index contributed by atoms with van der Waals surface area (Å²) in [4.78, 5) is 29.0. The van der Waals surface area contributed by atoms with Crippen molar-refractivity contribution in [2.75, 3.05) is 13.3 Å². The van der Waals surface area contributed by atoms with Crippen molar-refractivity contribution < 1.29 is 19.1 Å². The highest BCUT2D eigenvalue weighted by Crippen LogP contribution is 2.33. The zero-order valence-corrected chi connectivity index (χ0v) is 22.0. The minimum absolute atomic E-state index is 0.0988. The molecule has 0 saturated heterocycles. The number of carbonyl (C=O) groups excluding carboxylic acids is 2. The third-order valence-corrected chi connectivity index (χ3v) is 6.50. The van der Waals surface area contributed by atoms with E-state index in [1.54, 1.807) is 11.0 Å². The van der Waals surface area contributed by atoms with Gasteiger partial charge < -0.3 is 19.7 Å². The van der Waals surface area contributed by atoms with Crippen LogP contribution >= 0.6 is 11.6 Å². The first-order chi connectivity index (χ1) is 17.9. The molecule has 1 unspecified atom stereocenters. The molecule has 1 N–H and O–H groups in total. The number of nitrogens with one attached hydrogen (secondary N) is 1. The van der Waals surface area contributed by atoms with Crippen molar-refractivity contribution in [3.05, 3.63) is 94.5 Å². The Hall–Kier alpha value is -3.51. The lowest BCUT2D eigenvalue weighted by atomic mass is 10.0. The van der Waals surface area contributed by atoms with Crippen LogP contribution in [-0.4, -0.2) is 36.1 Å². The van der Waals surface area contributed by atoms with Crippen LogP contribution in [0.3, 0.4) is 0 Å². The lowest BCUT2D eigenvalue weighted by Gasteiger charge is -2.32. The van der Waals surface area contributed by atoms with Gasteiger partial charge in [0, 0.05) is 31.0 Å². The van der Waals surface area contributed by atoms with E-state index in [-0.39, 0.29) is 31.6 Å². The molecule has 0 spiro atoms. The molecule has 6 nitrogen and oxygen atoms in total. The Morgan fingerprint density at radius 1 is 0.919 bits per heavy atom. The van der Waals surface area contributed by atoms with E-state index in [0.717, 1.165) is 16.7 Å². The number of rotatable bonds is 11. The second-order valence-corrected chi connectivity index (χ2v) is 10.1. The fourth-order valence-corrected chi connectivity index (χ4v) is 4.51. The van der Waals surface area contributed by atoms with Gasteiger partial charge in [0.2, 0.25) is 18.6 Å². The van der Waals surface area contributed by atoms with Crippen LogP contribution in [0.25, 0.3) is 0 Å². The van der Waals surface area contributed by atoms with Gasteiger partial charge in [0.25, 0.3) is 0 Å². The van der Waals surface area contributed by atoms with Gasteiger partial charge in [-0.15, -0.1) is 0 Å². The van der Waals surface area contributed by atoms with Crippen LogP contribution in [0.15, 0.2) is 72.8 Å². The van der Waals surface area contributed by atoms with Gasteiger partial charge in [0.15, 0.2) is 11.5 Å². The van der Waals surface area contributed by atoms with Crippen LogP contribution in [0.4, 0.5) is 0 Å². The van der Waals surface area contributed by atoms with Crippen LogP contribution in [0.1, 0.15) is 37.0 Å². The predicted octanol–water partition coefficient (Wildman–Crippen LogP) is 5.41. The van der Waals surface area contributed by atoms with Gasteiger partial charge in [-0.25, -0.2) is 0 Å². The molecule has 2 amide bonds. The molecule has 0 aliphatic carbocycles. The fraction of sp³-hybridized carbons (Fsp3) is 0.333. The Morgan fingerprint density at radius 3 is 2.43 bits per heavy atom. The molecule has 4 rings (SSSR count). The summed E-state index contributed by atoms with van der Waals surface area (Å²) in [7, 11) is 0. The molecule has 7 heteroatoms. The van der Waals surface area contributed by atoms with E-state index in [0.29, 0.717) is 41.8 Å². The second kappa shape index (κ2) is 12.6. The number of hydrogen-bond acceptors (Lipinski definition) is 4. The van der Waals surface area contributed by atoms with Crippen LogP contribution in [0, 0.1) is 5.92 Å². The first-order valence-electron chi connectivity index (χ1n) is 12.6. The lowest BCUT2D eigenvalue weighted by molar-refractivity contribution is -0.141. The molecule has 1 aliphatic rings. The smallest absolute Gasteiger partial charge is 0.243 e. The molecular weight excluding hydrogens is 488 g/mol. The SMILES string of the molecule is CC(C)CNC(=O)C(Cc1ccccc1)N(Cc1cccc(Cl)c1)C(=O)CCc1ccc2c(c1)OCO2. The number of aryl methyl sites for hydroxylation is 1. The second-order valence-electron chi connectivity index (χ2n) is 9.68. The summed E-state index contributed by atoms with van der Waals surface area (Å²) in [6.07, 6.45) is 1.19. The summed E-state index contributed by atoms with van der Waals surface area (Å²) in [5.41, 5.74) is 2.84. The highest BCUT2D eigenvalue weighted by atomic mass is 35.5. The lowest BCUT2D eigenvalue weighted by Crippen LogP contribution is -2.51. The van der Waals surface area contributed by atoms with Crippen LogP contribution in [0.2, 0.25) is 5.02 Å². The Morgan fingerprint density at radius 2 is 1.68 bits per heavy atom. The maximum atomic E-state index is 13.8. The zero-order chi connectivity index (χ0) is 26.2. The Balaban J connectivity index is 1.59. The molecule has 1 aliphatic heterocycles. The maximum Gasteiger partial charge on any atom is 0.243 e. The maximum absolute atomic E-state index is 13.8. The molecule has 0 radical (unpaired) electrons. The number of amides is 2. The number of carbonyl (C=O) groups is 2. The molecular formula is C30H33ClN2O4. The van der Waals surface area contributed by atoms with E-state index in [1.807, 2.05) is 80.6 Å². The summed E-state index contributed by atoms with van der Waals surface area (Å²) < 4.78 is 10.9. The average molecular weight is 521 g/mol. The van der Waals surface area contributed by atoms with Crippen molar-refractivity contribution in [3.63, 3.8) is 0 Å². The molecule has 0 bridgehead atoms. The molecule has 3 aromatic rings. The minimum atomic E-state index is -0.663. The standard InChI is InChI=1S/C30H33ClN2O4/c1-21(2)18-32-30(35)26(16-22-7-4-3-5-8-22)33(19-24-9-6-10-25(31)15-24)29(34)14-12-23-11-13-27-28(17-23)37-20-36-27/h3-11,13,15,17,21,26H,12,14,16,18-20H2,1-2H3,(H,32,35). The van der Waals surface area contributed by atoms with Crippen LogP contribution in [-0.2, 0) is 29.0 Å². The summed E-state index contributed by atoms with van der Waals surface area (Å²) >= 11 is 6.25. The van der Waals surface area contributed by atoms with Crippen molar-refractivity contribution in [1.82, 2.24) is 10.2 Å². The predicted molar refractivity (Wildman–Crippen MR) is 145 cm³/mol. The number of fused-ring (bicyclic) bond motifs is 1. The van der Waals surface area contributed by atoms with Gasteiger partial charge in [0.05, 0.1) is 0 Å². The van der Waals surface area contributed by atoms with E-state index < -0.39 is 6.04 Å². The van der Waals surface area contributed by atoms with E-state index in [4.69, 9.17) is 21.1 Å². The van der Waals surface area contributed by atoms with E-state index >= 15 is 0 Å². The van der Waals surface area contributed by atoms with Gasteiger partial charge in [0.1, 0.15) is 6.04 Å². The quantitative estimate of drug-likeness (QED) is 0.367. The number of hydrogen-bond donors (Lipinski definition) is 1. The Labute approximate surface area is 223 Å². The topological polar surface area (TPSA) is 67.9 Å². The molecule has 37 heavy (non-hydrogen) atoms. The van der Waals surface area contributed by atoms with Gasteiger partial charge in [-0.2, -0.15) is 0 Å². The molecule has 0 fully saturated rings. The largest absolute Gasteiger partial charge is 0.454 e. The van der Waals surface area contributed by atoms with Gasteiger partial charge in [-0.3, -0.25) is 9.59 Å². The van der Waals surface area contributed by atoms with Crippen LogP contribution < -0.4 is 14.8 Å². The van der Waals surface area contributed by atoms with Gasteiger partial charge in [-0.05, 0) is 53.3 Å². The van der Waals surface area contributed by atoms with Crippen molar-refractivity contribution in [1.29, 1.82) is 0 Å². The van der Waals surface area contributed by atoms with Crippen molar-refractivity contribution >= 4 is 23.4 Å². The highest BCUT2D eigenvalue weighted by Gasteiger charge is 2.30. The van der Waals surface area contributed by atoms with Crippen molar-refractivity contribution in [3.8, 4) is 11.5 Å². The molecule has 194 valence electrons. The number of ether oxygens (including phenoxy) is 2. The summed E-state index contributed by atoms with van der Waals surface area (Å²) in [6, 6.07) is 22.3. The first-order valence-corrected chi connectivity index (χ1v) is 13.0. The number of halogens is 1. The fourth-order valence-electron chi connectivity index (χ4n) is 4.30. The molecule has 0 aromatic heterocycles. The average Bonchev–Trinajstić information content (AvgIpc) is 3.36.